The van der Waals surface area contributed by atoms with Crippen LogP contribution in [0.4, 0.5) is 0 Å². The fraction of sp³-hybridized carbons (Fsp3) is 0.438. The fourth-order valence-electron chi connectivity index (χ4n) is 4.00. The molecule has 1 fully saturated rings. The molecular formula is C16H17N3. The van der Waals surface area contributed by atoms with Crippen molar-refractivity contribution in [1.82, 2.24) is 9.88 Å². The van der Waals surface area contributed by atoms with Gasteiger partial charge in [0.25, 0.3) is 0 Å². The molecule has 0 spiro atoms. The first kappa shape index (κ1) is 11.1. The number of rotatable bonds is 0. The van der Waals surface area contributed by atoms with Crippen molar-refractivity contribution >= 4 is 10.9 Å². The lowest BCUT2D eigenvalue weighted by Crippen LogP contribution is -2.18. The minimum absolute atomic E-state index is 0.676. The maximum absolute atomic E-state index is 9.01. The first-order valence-electron chi connectivity index (χ1n) is 6.99. The standard InChI is InChI=1S/C16H17N3/c1-19-8-11-3-5-14-16(13(11)9-19)12-4-2-10(7-17)6-15(12)18-14/h2,4,6,11,13,18H,3,5,8-9H2,1H3/t11-,13+/m0/s1. The SMILES string of the molecule is CN1C[C@@H]2CCc3[nH]c4cc(C#N)ccc4c3[C@@H]2C1. The van der Waals surface area contributed by atoms with E-state index in [4.69, 9.17) is 5.26 Å². The lowest BCUT2D eigenvalue weighted by Gasteiger charge is -2.24. The molecule has 2 heterocycles. The second kappa shape index (κ2) is 3.85. The summed E-state index contributed by atoms with van der Waals surface area (Å²) in [6, 6.07) is 8.28. The van der Waals surface area contributed by atoms with Gasteiger partial charge in [-0.3, -0.25) is 0 Å². The Morgan fingerprint density at radius 2 is 2.26 bits per heavy atom. The first-order valence-corrected chi connectivity index (χ1v) is 6.99. The van der Waals surface area contributed by atoms with Gasteiger partial charge < -0.3 is 9.88 Å². The second-order valence-electron chi connectivity index (χ2n) is 6.02. The number of nitrogens with zero attached hydrogens (tertiary/aromatic N) is 2. The summed E-state index contributed by atoms with van der Waals surface area (Å²) in [5.74, 6) is 1.49. The van der Waals surface area contributed by atoms with Crippen LogP contribution in [-0.2, 0) is 6.42 Å². The molecule has 96 valence electrons. The van der Waals surface area contributed by atoms with Gasteiger partial charge in [-0.25, -0.2) is 0 Å². The average Bonchev–Trinajstić information content (AvgIpc) is 2.96. The number of fused-ring (bicyclic) bond motifs is 5. The molecule has 0 unspecified atom stereocenters. The number of likely N-dealkylation sites (tertiary alicyclic amines) is 1. The zero-order valence-corrected chi connectivity index (χ0v) is 11.1. The van der Waals surface area contributed by atoms with Crippen molar-refractivity contribution in [3.05, 3.63) is 35.0 Å². The van der Waals surface area contributed by atoms with Crippen molar-refractivity contribution in [2.75, 3.05) is 20.1 Å². The van der Waals surface area contributed by atoms with Gasteiger partial charge in [0.2, 0.25) is 0 Å². The van der Waals surface area contributed by atoms with E-state index < -0.39 is 0 Å². The van der Waals surface area contributed by atoms with Gasteiger partial charge in [0.15, 0.2) is 0 Å². The minimum atomic E-state index is 0.676. The lowest BCUT2D eigenvalue weighted by atomic mass is 9.79. The lowest BCUT2D eigenvalue weighted by molar-refractivity contribution is 0.386. The van der Waals surface area contributed by atoms with Crippen molar-refractivity contribution in [2.24, 2.45) is 5.92 Å². The molecule has 0 bridgehead atoms. The predicted octanol–water partition coefficient (Wildman–Crippen LogP) is 2.63. The maximum atomic E-state index is 9.01. The van der Waals surface area contributed by atoms with Crippen LogP contribution >= 0.6 is 0 Å². The molecule has 1 aromatic carbocycles. The Kier molecular flexibility index (Phi) is 2.24. The van der Waals surface area contributed by atoms with Crippen molar-refractivity contribution < 1.29 is 0 Å². The van der Waals surface area contributed by atoms with E-state index in [1.165, 1.54) is 36.2 Å². The summed E-state index contributed by atoms with van der Waals surface area (Å²) in [5.41, 5.74) is 4.81. The van der Waals surface area contributed by atoms with Crippen molar-refractivity contribution in [1.29, 1.82) is 5.26 Å². The van der Waals surface area contributed by atoms with Gasteiger partial charge in [0.1, 0.15) is 0 Å². The van der Waals surface area contributed by atoms with Crippen LogP contribution in [-0.4, -0.2) is 30.0 Å². The predicted molar refractivity (Wildman–Crippen MR) is 75.1 cm³/mol. The normalized spacial score (nSPS) is 26.1. The van der Waals surface area contributed by atoms with E-state index in [2.05, 4.69) is 29.1 Å². The third-order valence-electron chi connectivity index (χ3n) is 4.81. The molecule has 4 rings (SSSR count). The zero-order valence-electron chi connectivity index (χ0n) is 11.1. The molecule has 3 heteroatoms. The van der Waals surface area contributed by atoms with Crippen LogP contribution in [0, 0.1) is 17.2 Å². The number of aromatic amines is 1. The molecule has 1 saturated heterocycles. The van der Waals surface area contributed by atoms with Gasteiger partial charge in [0, 0.05) is 35.6 Å². The Bertz CT molecular complexity index is 692. The van der Waals surface area contributed by atoms with Crippen molar-refractivity contribution in [3.63, 3.8) is 0 Å². The van der Waals surface area contributed by atoms with Crippen LogP contribution in [0.1, 0.15) is 29.2 Å². The molecule has 19 heavy (non-hydrogen) atoms. The molecule has 2 aromatic rings. The molecule has 3 nitrogen and oxygen atoms in total. The van der Waals surface area contributed by atoms with E-state index >= 15 is 0 Å². The number of H-pyrrole nitrogens is 1. The quantitative estimate of drug-likeness (QED) is 0.782. The number of aryl methyl sites for hydroxylation is 1. The highest BCUT2D eigenvalue weighted by molar-refractivity contribution is 5.86. The smallest absolute Gasteiger partial charge is 0.0992 e. The number of likely N-dealkylation sites (N-methyl/N-ethyl adjacent to an activating group) is 1. The number of hydrogen-bond acceptors (Lipinski definition) is 2. The Labute approximate surface area is 112 Å². The molecule has 1 N–H and O–H groups in total. The molecule has 0 amide bonds. The Morgan fingerprint density at radius 3 is 3.11 bits per heavy atom. The molecule has 0 saturated carbocycles. The van der Waals surface area contributed by atoms with Gasteiger partial charge in [-0.1, -0.05) is 6.07 Å². The van der Waals surface area contributed by atoms with Gasteiger partial charge >= 0.3 is 0 Å². The summed E-state index contributed by atoms with van der Waals surface area (Å²) >= 11 is 0. The molecule has 1 aliphatic carbocycles. The molecule has 1 aliphatic heterocycles. The highest BCUT2D eigenvalue weighted by atomic mass is 15.1. The van der Waals surface area contributed by atoms with E-state index in [0.717, 1.165) is 23.4 Å². The average molecular weight is 251 g/mol. The summed E-state index contributed by atoms with van der Waals surface area (Å²) in [7, 11) is 2.22. The third-order valence-corrected chi connectivity index (χ3v) is 4.81. The summed E-state index contributed by atoms with van der Waals surface area (Å²) in [5, 5.41) is 10.3. The summed E-state index contributed by atoms with van der Waals surface area (Å²) in [6.45, 7) is 2.40. The number of benzene rings is 1. The van der Waals surface area contributed by atoms with Crippen molar-refractivity contribution in [2.45, 2.75) is 18.8 Å². The molecule has 2 atom stereocenters. The maximum Gasteiger partial charge on any atom is 0.0992 e. The number of nitrogens with one attached hydrogen (secondary N) is 1. The van der Waals surface area contributed by atoms with E-state index in [1.54, 1.807) is 0 Å². The van der Waals surface area contributed by atoms with Crippen LogP contribution in [0.3, 0.4) is 0 Å². The largest absolute Gasteiger partial charge is 0.358 e. The molecule has 1 aromatic heterocycles. The molecule has 0 radical (unpaired) electrons. The minimum Gasteiger partial charge on any atom is -0.358 e. The van der Waals surface area contributed by atoms with Crippen LogP contribution in [0.25, 0.3) is 10.9 Å². The zero-order chi connectivity index (χ0) is 13.0. The first-order chi connectivity index (χ1) is 9.26. The summed E-state index contributed by atoms with van der Waals surface area (Å²) < 4.78 is 0. The van der Waals surface area contributed by atoms with E-state index in [1.807, 2.05) is 12.1 Å². The highest BCUT2D eigenvalue weighted by Gasteiger charge is 2.37. The number of hydrogen-bond donors (Lipinski definition) is 1. The summed E-state index contributed by atoms with van der Waals surface area (Å²) in [6.07, 6.45) is 2.45. The molecular weight excluding hydrogens is 234 g/mol. The second-order valence-corrected chi connectivity index (χ2v) is 6.02. The Balaban J connectivity index is 1.91. The highest BCUT2D eigenvalue weighted by Crippen LogP contribution is 2.44. The summed E-state index contributed by atoms with van der Waals surface area (Å²) in [4.78, 5) is 6.00. The molecule has 2 aliphatic rings. The Hall–Kier alpha value is -1.79. The van der Waals surface area contributed by atoms with Gasteiger partial charge in [-0.15, -0.1) is 0 Å². The number of nitriles is 1. The van der Waals surface area contributed by atoms with Crippen molar-refractivity contribution in [3.8, 4) is 6.07 Å². The van der Waals surface area contributed by atoms with E-state index in [-0.39, 0.29) is 0 Å². The van der Waals surface area contributed by atoms with Gasteiger partial charge in [-0.2, -0.15) is 5.26 Å². The Morgan fingerprint density at radius 1 is 1.37 bits per heavy atom. The van der Waals surface area contributed by atoms with Crippen LogP contribution in [0.15, 0.2) is 18.2 Å². The van der Waals surface area contributed by atoms with Crippen LogP contribution < -0.4 is 0 Å². The topological polar surface area (TPSA) is 42.8 Å². The van der Waals surface area contributed by atoms with E-state index in [9.17, 15) is 0 Å². The monoisotopic (exact) mass is 251 g/mol. The fourth-order valence-corrected chi connectivity index (χ4v) is 4.00. The van der Waals surface area contributed by atoms with Crippen LogP contribution in [0.5, 0.6) is 0 Å². The van der Waals surface area contributed by atoms with Gasteiger partial charge in [0.05, 0.1) is 11.6 Å². The van der Waals surface area contributed by atoms with Gasteiger partial charge in [-0.05, 0) is 43.5 Å². The third kappa shape index (κ3) is 1.53. The van der Waals surface area contributed by atoms with E-state index in [0.29, 0.717) is 5.92 Å². The number of aromatic nitrogens is 1. The van der Waals surface area contributed by atoms with Crippen LogP contribution in [0.2, 0.25) is 0 Å².